The van der Waals surface area contributed by atoms with Gasteiger partial charge in [0, 0.05) is 31.3 Å². The molecule has 1 fully saturated rings. The molecule has 0 aliphatic carbocycles. The molecule has 1 saturated heterocycles. The van der Waals surface area contributed by atoms with Crippen LogP contribution in [0, 0.1) is 13.8 Å². The molecule has 3 aromatic heterocycles. The Morgan fingerprint density at radius 3 is 2.76 bits per heavy atom. The number of carbonyl (C=O) groups excluding carboxylic acids is 1. The number of hydrogen-bond donors (Lipinski definition) is 1. The molecule has 0 atom stereocenters. The smallest absolute Gasteiger partial charge is 0.264 e. The van der Waals surface area contributed by atoms with E-state index in [1.54, 1.807) is 17.9 Å². The molecule has 130 valence electrons. The van der Waals surface area contributed by atoms with Crippen molar-refractivity contribution in [2.24, 2.45) is 0 Å². The van der Waals surface area contributed by atoms with E-state index in [9.17, 15) is 9.59 Å². The molecule has 0 unspecified atom stereocenters. The summed E-state index contributed by atoms with van der Waals surface area (Å²) in [5.41, 5.74) is 1.05. The molecule has 1 aliphatic heterocycles. The number of H-pyrrole nitrogens is 1. The Morgan fingerprint density at radius 1 is 1.32 bits per heavy atom. The maximum absolute atomic E-state index is 12.7. The van der Waals surface area contributed by atoms with Crippen LogP contribution in [-0.2, 0) is 0 Å². The zero-order valence-corrected chi connectivity index (χ0v) is 14.0. The molecule has 1 amide bonds. The summed E-state index contributed by atoms with van der Waals surface area (Å²) in [6.07, 6.45) is 2.96. The SMILES string of the molecule is Cc1cc2[nH]c(=O)c(C(=O)N3CCC(c4nc(C)no4)CC3)cn2n1. The molecular weight excluding hydrogens is 324 g/mol. The second kappa shape index (κ2) is 5.83. The highest BCUT2D eigenvalue weighted by Crippen LogP contribution is 2.27. The summed E-state index contributed by atoms with van der Waals surface area (Å²) in [7, 11) is 0. The van der Waals surface area contributed by atoms with Gasteiger partial charge in [0.15, 0.2) is 5.82 Å². The predicted molar refractivity (Wildman–Crippen MR) is 87.5 cm³/mol. The lowest BCUT2D eigenvalue weighted by Crippen LogP contribution is -2.40. The number of aromatic amines is 1. The number of aryl methyl sites for hydroxylation is 2. The van der Waals surface area contributed by atoms with Crippen LogP contribution in [0.25, 0.3) is 5.65 Å². The van der Waals surface area contributed by atoms with Crippen LogP contribution >= 0.6 is 0 Å². The van der Waals surface area contributed by atoms with Crippen LogP contribution in [0.1, 0.15) is 46.5 Å². The number of carbonyl (C=O) groups is 1. The first kappa shape index (κ1) is 15.6. The van der Waals surface area contributed by atoms with Gasteiger partial charge in [-0.25, -0.2) is 4.52 Å². The first-order valence-electron chi connectivity index (χ1n) is 8.20. The summed E-state index contributed by atoms with van der Waals surface area (Å²) in [5, 5.41) is 8.06. The highest BCUT2D eigenvalue weighted by molar-refractivity contribution is 5.93. The van der Waals surface area contributed by atoms with E-state index in [-0.39, 0.29) is 17.4 Å². The van der Waals surface area contributed by atoms with Crippen LogP contribution in [0.2, 0.25) is 0 Å². The second-order valence-electron chi connectivity index (χ2n) is 6.36. The first-order chi connectivity index (χ1) is 12.0. The van der Waals surface area contributed by atoms with Gasteiger partial charge in [-0.1, -0.05) is 5.16 Å². The number of rotatable bonds is 2. The van der Waals surface area contributed by atoms with Gasteiger partial charge in [-0.05, 0) is 26.7 Å². The van der Waals surface area contributed by atoms with Gasteiger partial charge in [0.1, 0.15) is 11.2 Å². The van der Waals surface area contributed by atoms with E-state index in [4.69, 9.17) is 4.52 Å². The maximum atomic E-state index is 12.7. The van der Waals surface area contributed by atoms with Crippen LogP contribution in [0.15, 0.2) is 21.6 Å². The zero-order chi connectivity index (χ0) is 17.6. The summed E-state index contributed by atoms with van der Waals surface area (Å²) in [6, 6.07) is 1.76. The predicted octanol–water partition coefficient (Wildman–Crippen LogP) is 1.04. The molecule has 3 aromatic rings. The number of fused-ring (bicyclic) bond motifs is 1. The fourth-order valence-corrected chi connectivity index (χ4v) is 3.20. The van der Waals surface area contributed by atoms with Crippen LogP contribution < -0.4 is 5.56 Å². The number of amides is 1. The standard InChI is InChI=1S/C16H18N6O3/c1-9-7-13-18-14(23)12(8-22(13)19-9)16(24)21-5-3-11(4-6-21)15-17-10(2)20-25-15/h7-8,11H,3-6H2,1-2H3,(H,18,23). The second-order valence-corrected chi connectivity index (χ2v) is 6.36. The molecule has 0 radical (unpaired) electrons. The van der Waals surface area contributed by atoms with E-state index >= 15 is 0 Å². The van der Waals surface area contributed by atoms with Gasteiger partial charge in [0.25, 0.3) is 11.5 Å². The van der Waals surface area contributed by atoms with Crippen molar-refractivity contribution in [3.05, 3.63) is 45.6 Å². The Bertz CT molecular complexity index is 993. The van der Waals surface area contributed by atoms with Crippen molar-refractivity contribution in [2.45, 2.75) is 32.6 Å². The third-order valence-corrected chi connectivity index (χ3v) is 4.50. The molecule has 4 heterocycles. The molecule has 1 aliphatic rings. The van der Waals surface area contributed by atoms with E-state index in [0.29, 0.717) is 30.5 Å². The summed E-state index contributed by atoms with van der Waals surface area (Å²) in [6.45, 7) is 4.70. The van der Waals surface area contributed by atoms with Crippen molar-refractivity contribution in [2.75, 3.05) is 13.1 Å². The molecule has 0 saturated carbocycles. The van der Waals surface area contributed by atoms with Gasteiger partial charge >= 0.3 is 0 Å². The fraction of sp³-hybridized carbons (Fsp3) is 0.438. The zero-order valence-electron chi connectivity index (χ0n) is 14.0. The van der Waals surface area contributed by atoms with E-state index in [0.717, 1.165) is 18.5 Å². The molecule has 0 bridgehead atoms. The van der Waals surface area contributed by atoms with Gasteiger partial charge in [-0.2, -0.15) is 10.1 Å². The Labute approximate surface area is 142 Å². The first-order valence-corrected chi connectivity index (χ1v) is 8.20. The van der Waals surface area contributed by atoms with Crippen molar-refractivity contribution in [1.82, 2.24) is 29.6 Å². The molecule has 1 N–H and O–H groups in total. The lowest BCUT2D eigenvalue weighted by atomic mass is 9.96. The lowest BCUT2D eigenvalue weighted by Gasteiger charge is -2.30. The number of piperidine rings is 1. The van der Waals surface area contributed by atoms with Crippen molar-refractivity contribution < 1.29 is 9.32 Å². The lowest BCUT2D eigenvalue weighted by molar-refractivity contribution is 0.0702. The van der Waals surface area contributed by atoms with E-state index in [1.165, 1.54) is 10.7 Å². The summed E-state index contributed by atoms with van der Waals surface area (Å²) < 4.78 is 6.75. The fourth-order valence-electron chi connectivity index (χ4n) is 3.20. The molecule has 0 aromatic carbocycles. The molecule has 25 heavy (non-hydrogen) atoms. The topological polar surface area (TPSA) is 109 Å². The Kier molecular flexibility index (Phi) is 3.63. The average Bonchev–Trinajstić information content (AvgIpc) is 3.18. The molecular formula is C16H18N6O3. The minimum Gasteiger partial charge on any atom is -0.339 e. The third kappa shape index (κ3) is 2.81. The molecule has 9 nitrogen and oxygen atoms in total. The van der Waals surface area contributed by atoms with Crippen molar-refractivity contribution >= 4 is 11.6 Å². The summed E-state index contributed by atoms with van der Waals surface area (Å²) in [4.78, 5) is 33.6. The van der Waals surface area contributed by atoms with Gasteiger partial charge in [0.2, 0.25) is 5.89 Å². The van der Waals surface area contributed by atoms with Gasteiger partial charge in [-0.3, -0.25) is 9.59 Å². The van der Waals surface area contributed by atoms with Crippen molar-refractivity contribution in [3.63, 3.8) is 0 Å². The van der Waals surface area contributed by atoms with Crippen LogP contribution in [-0.4, -0.2) is 48.6 Å². The Balaban J connectivity index is 1.52. The van der Waals surface area contributed by atoms with E-state index in [1.807, 2.05) is 6.92 Å². The summed E-state index contributed by atoms with van der Waals surface area (Å²) >= 11 is 0. The monoisotopic (exact) mass is 342 g/mol. The number of hydrogen-bond acceptors (Lipinski definition) is 6. The highest BCUT2D eigenvalue weighted by atomic mass is 16.5. The number of nitrogens with one attached hydrogen (secondary N) is 1. The number of aromatic nitrogens is 5. The highest BCUT2D eigenvalue weighted by Gasteiger charge is 2.29. The third-order valence-electron chi connectivity index (χ3n) is 4.50. The van der Waals surface area contributed by atoms with Crippen LogP contribution in [0.3, 0.4) is 0 Å². The number of likely N-dealkylation sites (tertiary alicyclic amines) is 1. The maximum Gasteiger partial charge on any atom is 0.264 e. The minimum absolute atomic E-state index is 0.0997. The number of nitrogens with zero attached hydrogens (tertiary/aromatic N) is 5. The minimum atomic E-state index is -0.396. The van der Waals surface area contributed by atoms with Crippen LogP contribution in [0.5, 0.6) is 0 Å². The molecule has 0 spiro atoms. The Hall–Kier alpha value is -2.97. The van der Waals surface area contributed by atoms with Gasteiger partial charge in [-0.15, -0.1) is 0 Å². The van der Waals surface area contributed by atoms with Gasteiger partial charge < -0.3 is 14.4 Å². The van der Waals surface area contributed by atoms with Crippen molar-refractivity contribution in [1.29, 1.82) is 0 Å². The molecule has 4 rings (SSSR count). The Morgan fingerprint density at radius 2 is 2.08 bits per heavy atom. The van der Waals surface area contributed by atoms with Crippen LogP contribution in [0.4, 0.5) is 0 Å². The van der Waals surface area contributed by atoms with Gasteiger partial charge in [0.05, 0.1) is 5.69 Å². The molecule has 9 heteroatoms. The quantitative estimate of drug-likeness (QED) is 0.745. The largest absolute Gasteiger partial charge is 0.339 e. The van der Waals surface area contributed by atoms with E-state index in [2.05, 4.69) is 20.2 Å². The summed E-state index contributed by atoms with van der Waals surface area (Å²) in [5.74, 6) is 1.11. The van der Waals surface area contributed by atoms with Crippen molar-refractivity contribution in [3.8, 4) is 0 Å². The van der Waals surface area contributed by atoms with E-state index < -0.39 is 5.56 Å². The normalized spacial score (nSPS) is 15.8. The average molecular weight is 342 g/mol.